The van der Waals surface area contributed by atoms with E-state index in [-0.39, 0.29) is 11.6 Å². The van der Waals surface area contributed by atoms with Gasteiger partial charge >= 0.3 is 0 Å². The highest BCUT2D eigenvalue weighted by Crippen LogP contribution is 2.36. The fourth-order valence-electron chi connectivity index (χ4n) is 3.12. The van der Waals surface area contributed by atoms with Crippen LogP contribution in [0.1, 0.15) is 18.5 Å². The van der Waals surface area contributed by atoms with Crippen molar-refractivity contribution in [2.75, 3.05) is 10.6 Å². The maximum absolute atomic E-state index is 13.1. The molecule has 1 aliphatic heterocycles. The molecule has 0 radical (unpaired) electrons. The van der Waals surface area contributed by atoms with Crippen molar-refractivity contribution in [1.29, 1.82) is 0 Å². The Balaban J connectivity index is 1.80. The van der Waals surface area contributed by atoms with Crippen LogP contribution in [0.25, 0.3) is 0 Å². The molecule has 1 unspecified atom stereocenters. The normalized spacial score (nSPS) is 15.5. The first-order valence-electron chi connectivity index (χ1n) is 8.38. The Morgan fingerprint density at radius 2 is 2.11 bits per heavy atom. The zero-order chi connectivity index (χ0) is 19.7. The van der Waals surface area contributed by atoms with Crippen molar-refractivity contribution in [2.45, 2.75) is 13.0 Å². The first-order valence-corrected chi connectivity index (χ1v) is 8.38. The molecule has 140 valence electrons. The number of amides is 1. The highest BCUT2D eigenvalue weighted by molar-refractivity contribution is 6.05. The Hall–Kier alpha value is -4.08. The topological polar surface area (TPSA) is 128 Å². The lowest BCUT2D eigenvalue weighted by atomic mass is 9.94. The fraction of sp³-hybridized carbons (Fsp3) is 0.111. The summed E-state index contributed by atoms with van der Waals surface area (Å²) in [7, 11) is 0. The minimum atomic E-state index is -0.678. The Morgan fingerprint density at radius 1 is 1.25 bits per heavy atom. The summed E-state index contributed by atoms with van der Waals surface area (Å²) in [5.41, 5.74) is 1.42. The Morgan fingerprint density at radius 3 is 2.86 bits per heavy atom. The second-order valence-corrected chi connectivity index (χ2v) is 6.12. The molecule has 0 saturated carbocycles. The van der Waals surface area contributed by atoms with Crippen LogP contribution in [0.3, 0.4) is 0 Å². The van der Waals surface area contributed by atoms with E-state index in [2.05, 4.69) is 25.7 Å². The number of rotatable bonds is 4. The van der Waals surface area contributed by atoms with E-state index in [0.29, 0.717) is 28.6 Å². The summed E-state index contributed by atoms with van der Waals surface area (Å²) >= 11 is 0. The van der Waals surface area contributed by atoms with E-state index in [9.17, 15) is 14.9 Å². The molecule has 3 heterocycles. The van der Waals surface area contributed by atoms with Gasteiger partial charge in [0.25, 0.3) is 11.6 Å². The quantitative estimate of drug-likeness (QED) is 0.528. The Kier molecular flexibility index (Phi) is 4.28. The molecule has 1 aliphatic rings. The lowest BCUT2D eigenvalue weighted by molar-refractivity contribution is -0.384. The maximum atomic E-state index is 13.1. The van der Waals surface area contributed by atoms with Gasteiger partial charge in [-0.2, -0.15) is 10.1 Å². The fourth-order valence-corrected chi connectivity index (χ4v) is 3.12. The minimum Gasteiger partial charge on any atom is -0.328 e. The molecule has 0 spiro atoms. The Bertz CT molecular complexity index is 1090. The summed E-state index contributed by atoms with van der Waals surface area (Å²) < 4.78 is 1.53. The summed E-state index contributed by atoms with van der Waals surface area (Å²) in [4.78, 5) is 32.1. The molecule has 0 bridgehead atoms. The van der Waals surface area contributed by atoms with E-state index in [1.165, 1.54) is 23.1 Å². The predicted octanol–water partition coefficient (Wildman–Crippen LogP) is 2.51. The molecule has 28 heavy (non-hydrogen) atoms. The molecule has 10 nitrogen and oxygen atoms in total. The number of allylic oxidation sites excluding steroid dienone is 1. The van der Waals surface area contributed by atoms with Crippen molar-refractivity contribution >= 4 is 23.4 Å². The SMILES string of the molecule is CC1=C(C(=O)Nc2ccccn2)C(c2cccc([N+](=O)[O-])c2)n2ncnc2N1. The molecular weight excluding hydrogens is 362 g/mol. The van der Waals surface area contributed by atoms with Crippen LogP contribution in [-0.2, 0) is 4.79 Å². The first kappa shape index (κ1) is 17.3. The van der Waals surface area contributed by atoms with Crippen molar-refractivity contribution in [1.82, 2.24) is 19.7 Å². The number of nitrogens with one attached hydrogen (secondary N) is 2. The van der Waals surface area contributed by atoms with Gasteiger partial charge in [-0.15, -0.1) is 0 Å². The second kappa shape index (κ2) is 6.91. The number of carbonyl (C=O) groups is 1. The number of anilines is 2. The molecule has 0 fully saturated rings. The van der Waals surface area contributed by atoms with Crippen LogP contribution in [-0.4, -0.2) is 30.6 Å². The monoisotopic (exact) mass is 377 g/mol. The maximum Gasteiger partial charge on any atom is 0.269 e. The van der Waals surface area contributed by atoms with Crippen molar-refractivity contribution in [2.24, 2.45) is 0 Å². The molecule has 2 aromatic heterocycles. The third kappa shape index (κ3) is 3.07. The molecule has 1 amide bonds. The zero-order valence-electron chi connectivity index (χ0n) is 14.7. The number of aromatic nitrogens is 4. The number of nitro benzene ring substituents is 1. The third-order valence-corrected chi connectivity index (χ3v) is 4.34. The van der Waals surface area contributed by atoms with E-state index < -0.39 is 11.0 Å². The van der Waals surface area contributed by atoms with Crippen LogP contribution in [0.5, 0.6) is 0 Å². The van der Waals surface area contributed by atoms with Gasteiger partial charge in [-0.25, -0.2) is 9.67 Å². The molecule has 1 atom stereocenters. The van der Waals surface area contributed by atoms with Gasteiger partial charge in [0.15, 0.2) is 0 Å². The summed E-state index contributed by atoms with van der Waals surface area (Å²) in [5, 5.41) is 21.2. The second-order valence-electron chi connectivity index (χ2n) is 6.12. The predicted molar refractivity (Wildman–Crippen MR) is 100 cm³/mol. The number of fused-ring (bicyclic) bond motifs is 1. The van der Waals surface area contributed by atoms with Crippen molar-refractivity contribution in [3.05, 3.63) is 81.9 Å². The molecule has 4 rings (SSSR count). The number of carbonyl (C=O) groups excluding carboxylic acids is 1. The zero-order valence-corrected chi connectivity index (χ0v) is 14.7. The van der Waals surface area contributed by atoms with Gasteiger partial charge in [-0.1, -0.05) is 18.2 Å². The first-order chi connectivity index (χ1) is 13.5. The third-order valence-electron chi connectivity index (χ3n) is 4.34. The lowest BCUT2D eigenvalue weighted by Crippen LogP contribution is -2.31. The summed E-state index contributed by atoms with van der Waals surface area (Å²) in [5.74, 6) is 0.458. The van der Waals surface area contributed by atoms with Crippen LogP contribution in [0.2, 0.25) is 0 Å². The van der Waals surface area contributed by atoms with Crippen LogP contribution >= 0.6 is 0 Å². The van der Waals surface area contributed by atoms with Crippen molar-refractivity contribution < 1.29 is 9.72 Å². The van der Waals surface area contributed by atoms with Crippen LogP contribution < -0.4 is 10.6 Å². The molecule has 10 heteroatoms. The summed E-state index contributed by atoms with van der Waals surface area (Å²) in [6, 6.07) is 10.6. The lowest BCUT2D eigenvalue weighted by Gasteiger charge is -2.28. The molecule has 1 aromatic carbocycles. The van der Waals surface area contributed by atoms with E-state index in [4.69, 9.17) is 0 Å². The largest absolute Gasteiger partial charge is 0.328 e. The molecule has 0 saturated heterocycles. The van der Waals surface area contributed by atoms with E-state index in [0.717, 1.165) is 0 Å². The van der Waals surface area contributed by atoms with Crippen molar-refractivity contribution in [3.63, 3.8) is 0 Å². The standard InChI is InChI=1S/C18H15N7O3/c1-11-15(17(26)23-14-7-2-3-8-19-14)16(24-18(22-11)20-10-21-24)12-5-4-6-13(9-12)25(27)28/h2-10,16H,1H3,(H,19,23,26)(H,20,21,22). The van der Waals surface area contributed by atoms with Crippen LogP contribution in [0.15, 0.2) is 66.3 Å². The van der Waals surface area contributed by atoms with Crippen molar-refractivity contribution in [3.8, 4) is 0 Å². The van der Waals surface area contributed by atoms with Gasteiger partial charge in [0, 0.05) is 24.0 Å². The highest BCUT2D eigenvalue weighted by atomic mass is 16.6. The van der Waals surface area contributed by atoms with Gasteiger partial charge < -0.3 is 10.6 Å². The van der Waals surface area contributed by atoms with E-state index >= 15 is 0 Å². The molecule has 0 aliphatic carbocycles. The summed E-state index contributed by atoms with van der Waals surface area (Å²) in [6.07, 6.45) is 2.93. The number of hydrogen-bond donors (Lipinski definition) is 2. The van der Waals surface area contributed by atoms with Gasteiger partial charge in [0.1, 0.15) is 18.2 Å². The van der Waals surface area contributed by atoms with Crippen LogP contribution in [0, 0.1) is 10.1 Å². The van der Waals surface area contributed by atoms with E-state index in [1.807, 2.05) is 0 Å². The van der Waals surface area contributed by atoms with Gasteiger partial charge in [0.2, 0.25) is 5.95 Å². The van der Waals surface area contributed by atoms with Crippen LogP contribution in [0.4, 0.5) is 17.5 Å². The number of non-ortho nitro benzene ring substituents is 1. The number of pyridine rings is 1. The average molecular weight is 377 g/mol. The van der Waals surface area contributed by atoms with E-state index in [1.54, 1.807) is 43.5 Å². The summed E-state index contributed by atoms with van der Waals surface area (Å²) in [6.45, 7) is 1.75. The number of benzene rings is 1. The molecular formula is C18H15N7O3. The van der Waals surface area contributed by atoms with Gasteiger partial charge in [-0.05, 0) is 24.6 Å². The Labute approximate surface area is 159 Å². The van der Waals surface area contributed by atoms with Gasteiger partial charge in [-0.3, -0.25) is 14.9 Å². The number of nitro groups is 1. The smallest absolute Gasteiger partial charge is 0.269 e. The number of nitrogens with zero attached hydrogens (tertiary/aromatic N) is 5. The minimum absolute atomic E-state index is 0.0696. The van der Waals surface area contributed by atoms with Gasteiger partial charge in [0.05, 0.1) is 10.5 Å². The molecule has 2 N–H and O–H groups in total. The molecule has 3 aromatic rings. The number of hydrogen-bond acceptors (Lipinski definition) is 7. The highest BCUT2D eigenvalue weighted by Gasteiger charge is 2.34. The average Bonchev–Trinajstić information content (AvgIpc) is 3.15.